The second kappa shape index (κ2) is 12.0. The second-order valence-electron chi connectivity index (χ2n) is 7.35. The maximum Gasteiger partial charge on any atom is 0.231 e. The van der Waals surface area contributed by atoms with Crippen LogP contribution in [0.25, 0.3) is 0 Å². The van der Waals surface area contributed by atoms with Gasteiger partial charge in [0.15, 0.2) is 0 Å². The van der Waals surface area contributed by atoms with Gasteiger partial charge in [0.2, 0.25) is 11.8 Å². The molecule has 1 saturated heterocycles. The maximum atomic E-state index is 13.5. The largest absolute Gasteiger partial charge is 0.359 e. The lowest BCUT2D eigenvalue weighted by Crippen LogP contribution is -2.28. The summed E-state index contributed by atoms with van der Waals surface area (Å²) < 4.78 is 0. The fourth-order valence-corrected chi connectivity index (χ4v) is 7.14. The van der Waals surface area contributed by atoms with Crippen LogP contribution in [0.3, 0.4) is 0 Å². The first-order valence-electron chi connectivity index (χ1n) is 10.3. The van der Waals surface area contributed by atoms with Gasteiger partial charge in [0.1, 0.15) is 0 Å². The molecule has 4 nitrogen and oxygen atoms in total. The monoisotopic (exact) mass is 496 g/mol. The number of para-hydroxylation sites is 2. The first-order valence-corrected chi connectivity index (χ1v) is 13.5. The zero-order chi connectivity index (χ0) is 22.2. The molecule has 0 unspecified atom stereocenters. The van der Waals surface area contributed by atoms with Crippen molar-refractivity contribution in [3.05, 3.63) is 58.1 Å². The molecule has 0 radical (unpaired) electrons. The van der Waals surface area contributed by atoms with E-state index in [1.807, 2.05) is 45.9 Å². The normalized spacial score (nSPS) is 15.6. The van der Waals surface area contributed by atoms with Crippen molar-refractivity contribution >= 4 is 68.0 Å². The van der Waals surface area contributed by atoms with Crippen molar-refractivity contribution < 1.29 is 9.59 Å². The van der Waals surface area contributed by atoms with Crippen molar-refractivity contribution in [1.29, 1.82) is 0 Å². The number of rotatable bonds is 9. The van der Waals surface area contributed by atoms with Crippen LogP contribution in [0, 0.1) is 0 Å². The molecule has 2 aromatic rings. The minimum absolute atomic E-state index is 0.0761. The predicted octanol–water partition coefficient (Wildman–Crippen LogP) is 6.66. The summed E-state index contributed by atoms with van der Waals surface area (Å²) in [7, 11) is 5.50. The molecule has 2 amide bonds. The van der Waals surface area contributed by atoms with Gasteiger partial charge in [-0.15, -0.1) is 0 Å². The van der Waals surface area contributed by atoms with E-state index < -0.39 is 0 Å². The van der Waals surface area contributed by atoms with E-state index in [0.717, 1.165) is 24.8 Å². The SMILES string of the molecule is CNC(=O)Cc1ccccc1N(C(=O)CCCC[C@@H]1CCSS1)c1c(Cl)cccc1Cl. The lowest BCUT2D eigenvalue weighted by molar-refractivity contribution is -0.120. The minimum Gasteiger partial charge on any atom is -0.359 e. The number of halogens is 2. The van der Waals surface area contributed by atoms with Gasteiger partial charge in [-0.3, -0.25) is 14.5 Å². The minimum atomic E-state index is -0.128. The number of carbonyl (C=O) groups excluding carboxylic acids is 2. The predicted molar refractivity (Wildman–Crippen MR) is 135 cm³/mol. The number of unbranched alkanes of at least 4 members (excludes halogenated alkanes) is 1. The van der Waals surface area contributed by atoms with E-state index in [1.165, 1.54) is 12.2 Å². The van der Waals surface area contributed by atoms with Gasteiger partial charge in [-0.1, -0.05) is 75.5 Å². The zero-order valence-corrected chi connectivity index (χ0v) is 20.5. The van der Waals surface area contributed by atoms with E-state index in [1.54, 1.807) is 30.1 Å². The van der Waals surface area contributed by atoms with Crippen LogP contribution in [0.4, 0.5) is 11.4 Å². The van der Waals surface area contributed by atoms with Crippen LogP contribution in [-0.2, 0) is 16.0 Å². The second-order valence-corrected chi connectivity index (χ2v) is 11.0. The van der Waals surface area contributed by atoms with E-state index in [0.29, 0.717) is 33.1 Å². The molecular formula is C23H26Cl2N2O2S2. The van der Waals surface area contributed by atoms with Crippen molar-refractivity contribution in [1.82, 2.24) is 5.32 Å². The van der Waals surface area contributed by atoms with Gasteiger partial charge in [-0.05, 0) is 43.0 Å². The third-order valence-electron chi connectivity index (χ3n) is 5.17. The molecule has 1 aliphatic heterocycles. The Morgan fingerprint density at radius 1 is 1.10 bits per heavy atom. The van der Waals surface area contributed by atoms with Gasteiger partial charge in [0.05, 0.1) is 27.8 Å². The molecule has 1 N–H and O–H groups in total. The molecule has 1 atom stereocenters. The lowest BCUT2D eigenvalue weighted by atomic mass is 10.1. The standard InChI is InChI=1S/C23H26Cl2N2O2S2/c1-26-21(28)15-16-7-2-4-11-20(16)27(23-18(24)9-6-10-19(23)25)22(29)12-5-3-8-17-13-14-30-31-17/h2,4,6-7,9-11,17H,3,5,8,12-15H2,1H3,(H,26,28)/t17-/m1/s1. The average Bonchev–Trinajstić information content (AvgIpc) is 3.28. The number of benzene rings is 2. The Bertz CT molecular complexity index is 900. The average molecular weight is 498 g/mol. The number of carbonyl (C=O) groups is 2. The molecule has 0 saturated carbocycles. The van der Waals surface area contributed by atoms with E-state index in [9.17, 15) is 9.59 Å². The van der Waals surface area contributed by atoms with Crippen LogP contribution < -0.4 is 10.2 Å². The summed E-state index contributed by atoms with van der Waals surface area (Å²) in [6.07, 6.45) is 4.74. The summed E-state index contributed by atoms with van der Waals surface area (Å²) in [4.78, 5) is 27.1. The van der Waals surface area contributed by atoms with Crippen LogP contribution in [0.15, 0.2) is 42.5 Å². The van der Waals surface area contributed by atoms with Crippen molar-refractivity contribution in [2.75, 3.05) is 17.7 Å². The quantitative estimate of drug-likeness (QED) is 0.311. The summed E-state index contributed by atoms with van der Waals surface area (Å²) in [6.45, 7) is 0. The summed E-state index contributed by atoms with van der Waals surface area (Å²) in [5.74, 6) is 1.01. The Morgan fingerprint density at radius 2 is 1.84 bits per heavy atom. The van der Waals surface area contributed by atoms with Crippen molar-refractivity contribution in [2.24, 2.45) is 0 Å². The highest BCUT2D eigenvalue weighted by Gasteiger charge is 2.25. The van der Waals surface area contributed by atoms with Gasteiger partial charge in [0, 0.05) is 24.5 Å². The third kappa shape index (κ3) is 6.58. The number of likely N-dealkylation sites (N-methyl/N-ethyl adjacent to an activating group) is 1. The van der Waals surface area contributed by atoms with Crippen LogP contribution in [0.1, 0.15) is 37.7 Å². The molecule has 1 heterocycles. The van der Waals surface area contributed by atoms with E-state index in [2.05, 4.69) is 5.32 Å². The van der Waals surface area contributed by atoms with Crippen LogP contribution in [0.2, 0.25) is 10.0 Å². The molecule has 2 aromatic carbocycles. The van der Waals surface area contributed by atoms with Gasteiger partial charge < -0.3 is 5.32 Å². The number of hydrogen-bond donors (Lipinski definition) is 1. The summed E-state index contributed by atoms with van der Waals surface area (Å²) in [6, 6.07) is 12.6. The topological polar surface area (TPSA) is 49.4 Å². The maximum absolute atomic E-state index is 13.5. The zero-order valence-electron chi connectivity index (χ0n) is 17.4. The number of anilines is 2. The molecule has 0 bridgehead atoms. The van der Waals surface area contributed by atoms with Crippen molar-refractivity contribution in [2.45, 2.75) is 43.8 Å². The van der Waals surface area contributed by atoms with E-state index in [4.69, 9.17) is 23.2 Å². The first kappa shape index (κ1) is 24.3. The number of nitrogens with one attached hydrogen (secondary N) is 1. The Morgan fingerprint density at radius 3 is 2.52 bits per heavy atom. The molecule has 1 aliphatic rings. The van der Waals surface area contributed by atoms with Crippen LogP contribution in [0.5, 0.6) is 0 Å². The molecule has 166 valence electrons. The summed E-state index contributed by atoms with van der Waals surface area (Å²) in [5, 5.41) is 4.13. The van der Waals surface area contributed by atoms with E-state index >= 15 is 0 Å². The molecular weight excluding hydrogens is 471 g/mol. The molecule has 3 rings (SSSR count). The highest BCUT2D eigenvalue weighted by molar-refractivity contribution is 8.77. The molecule has 31 heavy (non-hydrogen) atoms. The molecule has 8 heteroatoms. The molecule has 0 spiro atoms. The van der Waals surface area contributed by atoms with Crippen molar-refractivity contribution in [3.63, 3.8) is 0 Å². The summed E-state index contributed by atoms with van der Waals surface area (Å²) >= 11 is 13.0. The van der Waals surface area contributed by atoms with Crippen LogP contribution in [-0.4, -0.2) is 29.9 Å². The Labute approximate surface area is 201 Å². The summed E-state index contributed by atoms with van der Waals surface area (Å²) in [5.41, 5.74) is 1.84. The molecule has 1 fully saturated rings. The highest BCUT2D eigenvalue weighted by atomic mass is 35.5. The molecule has 0 aromatic heterocycles. The van der Waals surface area contributed by atoms with Gasteiger partial charge in [-0.25, -0.2) is 0 Å². The smallest absolute Gasteiger partial charge is 0.231 e. The Balaban J connectivity index is 1.85. The number of nitrogens with zero attached hydrogens (tertiary/aromatic N) is 1. The van der Waals surface area contributed by atoms with Gasteiger partial charge >= 0.3 is 0 Å². The lowest BCUT2D eigenvalue weighted by Gasteiger charge is -2.27. The molecule has 0 aliphatic carbocycles. The van der Waals surface area contributed by atoms with Gasteiger partial charge in [0.25, 0.3) is 0 Å². The third-order valence-corrected chi connectivity index (χ3v) is 8.78. The Hall–Kier alpha value is -1.34. The fourth-order valence-electron chi connectivity index (χ4n) is 3.55. The fraction of sp³-hybridized carbons (Fsp3) is 0.391. The highest BCUT2D eigenvalue weighted by Crippen LogP contribution is 2.41. The Kier molecular flexibility index (Phi) is 9.45. The van der Waals surface area contributed by atoms with Crippen LogP contribution >= 0.6 is 44.8 Å². The number of amides is 2. The first-order chi connectivity index (χ1) is 15.0. The van der Waals surface area contributed by atoms with E-state index in [-0.39, 0.29) is 18.2 Å². The van der Waals surface area contributed by atoms with Gasteiger partial charge in [-0.2, -0.15) is 0 Å². The van der Waals surface area contributed by atoms with Crippen molar-refractivity contribution in [3.8, 4) is 0 Å². The number of hydrogen-bond acceptors (Lipinski definition) is 4.